The van der Waals surface area contributed by atoms with Gasteiger partial charge in [0.25, 0.3) is 0 Å². The molecule has 1 amide bonds. The Kier molecular flexibility index (Phi) is 9.19. The normalized spacial score (nSPS) is 22.1. The fraction of sp³-hybridized carbons (Fsp3) is 0.630. The first-order valence-corrected chi connectivity index (χ1v) is 12.7. The SMILES string of the molecule is C/C=C/C(C)(C)CC1C(C(=O)O)C(c2ccc3c(c2)OCO3)CN1CC(=O)N(CCN)CCCC. The number of carboxylic acid groups (broad SMARTS) is 1. The van der Waals surface area contributed by atoms with Gasteiger partial charge in [0, 0.05) is 38.1 Å². The number of carboxylic acids is 1. The molecule has 2 aliphatic heterocycles. The number of benzene rings is 1. The van der Waals surface area contributed by atoms with Gasteiger partial charge in [0.15, 0.2) is 11.5 Å². The van der Waals surface area contributed by atoms with Crippen molar-refractivity contribution in [2.75, 3.05) is 39.5 Å². The van der Waals surface area contributed by atoms with Crippen LogP contribution >= 0.6 is 0 Å². The average molecular weight is 488 g/mol. The van der Waals surface area contributed by atoms with E-state index in [0.29, 0.717) is 44.1 Å². The third-order valence-corrected chi connectivity index (χ3v) is 7.08. The summed E-state index contributed by atoms with van der Waals surface area (Å²) >= 11 is 0. The van der Waals surface area contributed by atoms with Gasteiger partial charge in [-0.3, -0.25) is 14.5 Å². The van der Waals surface area contributed by atoms with Crippen LogP contribution in [0.3, 0.4) is 0 Å². The fourth-order valence-corrected chi connectivity index (χ4v) is 5.43. The van der Waals surface area contributed by atoms with Crippen LogP contribution in [0.4, 0.5) is 0 Å². The number of rotatable bonds is 12. The number of carbonyl (C=O) groups excluding carboxylic acids is 1. The molecule has 0 aliphatic carbocycles. The Morgan fingerprint density at radius 1 is 1.26 bits per heavy atom. The summed E-state index contributed by atoms with van der Waals surface area (Å²) in [5.74, 6) is -0.432. The summed E-state index contributed by atoms with van der Waals surface area (Å²) in [4.78, 5) is 29.9. The predicted molar refractivity (Wildman–Crippen MR) is 136 cm³/mol. The second-order valence-electron chi connectivity index (χ2n) is 10.3. The van der Waals surface area contributed by atoms with E-state index < -0.39 is 11.9 Å². The molecule has 3 rings (SSSR count). The van der Waals surface area contributed by atoms with Gasteiger partial charge in [-0.2, -0.15) is 0 Å². The fourth-order valence-electron chi connectivity index (χ4n) is 5.43. The number of allylic oxidation sites excluding steroid dienone is 2. The van der Waals surface area contributed by atoms with Crippen LogP contribution < -0.4 is 15.2 Å². The Bertz CT molecular complexity index is 916. The second kappa shape index (κ2) is 11.9. The monoisotopic (exact) mass is 487 g/mol. The molecule has 1 fully saturated rings. The third-order valence-electron chi connectivity index (χ3n) is 7.08. The summed E-state index contributed by atoms with van der Waals surface area (Å²) in [7, 11) is 0. The zero-order chi connectivity index (χ0) is 25.6. The maximum Gasteiger partial charge on any atom is 0.308 e. The predicted octanol–water partition coefficient (Wildman–Crippen LogP) is 3.46. The van der Waals surface area contributed by atoms with Crippen LogP contribution in [0.25, 0.3) is 0 Å². The van der Waals surface area contributed by atoms with E-state index in [1.165, 1.54) is 0 Å². The lowest BCUT2D eigenvalue weighted by atomic mass is 9.77. The minimum absolute atomic E-state index is 0.00761. The topological polar surface area (TPSA) is 105 Å². The van der Waals surface area contributed by atoms with Crippen LogP contribution in [0.2, 0.25) is 0 Å². The molecule has 0 bridgehead atoms. The van der Waals surface area contributed by atoms with Crippen molar-refractivity contribution < 1.29 is 24.2 Å². The second-order valence-corrected chi connectivity index (χ2v) is 10.3. The Morgan fingerprint density at radius 2 is 2.00 bits per heavy atom. The Hall–Kier alpha value is -2.58. The van der Waals surface area contributed by atoms with Gasteiger partial charge in [-0.25, -0.2) is 0 Å². The van der Waals surface area contributed by atoms with Crippen LogP contribution in [0.1, 0.15) is 58.4 Å². The zero-order valence-electron chi connectivity index (χ0n) is 21.5. The summed E-state index contributed by atoms with van der Waals surface area (Å²) in [5.41, 5.74) is 6.47. The molecule has 3 atom stereocenters. The number of ether oxygens (including phenoxy) is 2. The smallest absolute Gasteiger partial charge is 0.308 e. The highest BCUT2D eigenvalue weighted by Gasteiger charge is 2.48. The lowest BCUT2D eigenvalue weighted by Gasteiger charge is -2.34. The van der Waals surface area contributed by atoms with Crippen molar-refractivity contribution in [3.8, 4) is 11.5 Å². The standard InChI is InChI=1S/C27H41N3O5/c1-5-7-12-29(13-11-28)24(31)17-30-16-20(19-8-9-22-23(14-19)35-18-34-22)25(26(32)33)21(30)15-27(3,4)10-6-2/h6,8-10,14,20-21,25H,5,7,11-13,15-18,28H2,1-4H3,(H,32,33)/b10-6+. The number of fused-ring (bicyclic) bond motifs is 1. The molecule has 1 saturated heterocycles. The average Bonchev–Trinajstić information content (AvgIpc) is 3.40. The lowest BCUT2D eigenvalue weighted by Crippen LogP contribution is -2.46. The maximum absolute atomic E-state index is 13.3. The maximum atomic E-state index is 13.3. The molecule has 2 aliphatic rings. The number of nitrogens with two attached hydrogens (primary N) is 1. The molecule has 0 saturated carbocycles. The highest BCUT2D eigenvalue weighted by Crippen LogP contribution is 2.44. The molecule has 1 aromatic rings. The van der Waals surface area contributed by atoms with E-state index in [1.54, 1.807) is 0 Å². The molecule has 194 valence electrons. The Labute approximate surface area is 209 Å². The molecular weight excluding hydrogens is 446 g/mol. The third kappa shape index (κ3) is 6.55. The summed E-state index contributed by atoms with van der Waals surface area (Å²) in [6.07, 6.45) is 6.66. The molecule has 8 nitrogen and oxygen atoms in total. The molecule has 35 heavy (non-hydrogen) atoms. The first kappa shape index (κ1) is 27.0. The number of unbranched alkanes of at least 4 members (excludes halogenated alkanes) is 1. The van der Waals surface area contributed by atoms with Crippen molar-refractivity contribution in [3.63, 3.8) is 0 Å². The quantitative estimate of drug-likeness (QED) is 0.435. The minimum atomic E-state index is -0.839. The van der Waals surface area contributed by atoms with E-state index in [1.807, 2.05) is 36.1 Å². The summed E-state index contributed by atoms with van der Waals surface area (Å²) in [6, 6.07) is 5.38. The molecule has 0 aromatic heterocycles. The largest absolute Gasteiger partial charge is 0.481 e. The van der Waals surface area contributed by atoms with Crippen molar-refractivity contribution in [2.24, 2.45) is 17.1 Å². The first-order valence-electron chi connectivity index (χ1n) is 12.7. The summed E-state index contributed by atoms with van der Waals surface area (Å²) in [6.45, 7) is 10.7. The van der Waals surface area contributed by atoms with E-state index in [-0.39, 0.29) is 36.6 Å². The molecule has 8 heteroatoms. The Balaban J connectivity index is 1.92. The number of hydrogen-bond donors (Lipinski definition) is 2. The first-order chi connectivity index (χ1) is 16.7. The van der Waals surface area contributed by atoms with E-state index in [2.05, 4.69) is 31.7 Å². The van der Waals surface area contributed by atoms with Crippen LogP contribution in [0.15, 0.2) is 30.4 Å². The van der Waals surface area contributed by atoms with Gasteiger partial charge < -0.3 is 25.2 Å². The highest BCUT2D eigenvalue weighted by molar-refractivity contribution is 5.79. The van der Waals surface area contributed by atoms with Gasteiger partial charge >= 0.3 is 5.97 Å². The van der Waals surface area contributed by atoms with Crippen LogP contribution in [-0.4, -0.2) is 72.3 Å². The molecule has 3 unspecified atom stereocenters. The van der Waals surface area contributed by atoms with Gasteiger partial charge in [0.05, 0.1) is 12.5 Å². The van der Waals surface area contributed by atoms with E-state index in [9.17, 15) is 14.7 Å². The van der Waals surface area contributed by atoms with Gasteiger partial charge in [-0.1, -0.05) is 45.4 Å². The number of nitrogens with zero attached hydrogens (tertiary/aromatic N) is 2. The van der Waals surface area contributed by atoms with Gasteiger partial charge in [0.2, 0.25) is 12.7 Å². The van der Waals surface area contributed by atoms with Crippen molar-refractivity contribution in [1.82, 2.24) is 9.80 Å². The highest BCUT2D eigenvalue weighted by atomic mass is 16.7. The van der Waals surface area contributed by atoms with E-state index in [4.69, 9.17) is 15.2 Å². The summed E-state index contributed by atoms with van der Waals surface area (Å²) in [5, 5.41) is 10.4. The summed E-state index contributed by atoms with van der Waals surface area (Å²) < 4.78 is 11.0. The number of likely N-dealkylation sites (tertiary alicyclic amines) is 1. The number of hydrogen-bond acceptors (Lipinski definition) is 6. The van der Waals surface area contributed by atoms with Crippen LogP contribution in [0.5, 0.6) is 11.5 Å². The number of carbonyl (C=O) groups is 2. The molecule has 3 N–H and O–H groups in total. The molecule has 0 radical (unpaired) electrons. The van der Waals surface area contributed by atoms with Crippen molar-refractivity contribution in [1.29, 1.82) is 0 Å². The lowest BCUT2D eigenvalue weighted by molar-refractivity contribution is -0.144. The molecule has 1 aromatic carbocycles. The van der Waals surface area contributed by atoms with E-state index in [0.717, 1.165) is 18.4 Å². The van der Waals surface area contributed by atoms with Crippen LogP contribution in [-0.2, 0) is 9.59 Å². The van der Waals surface area contributed by atoms with Gasteiger partial charge in [-0.05, 0) is 42.9 Å². The molecule has 0 spiro atoms. The van der Waals surface area contributed by atoms with Crippen LogP contribution in [0, 0.1) is 11.3 Å². The van der Waals surface area contributed by atoms with E-state index >= 15 is 0 Å². The number of aliphatic carboxylic acids is 1. The minimum Gasteiger partial charge on any atom is -0.481 e. The number of amides is 1. The van der Waals surface area contributed by atoms with Crippen molar-refractivity contribution in [2.45, 2.75) is 58.9 Å². The molecule has 2 heterocycles. The van der Waals surface area contributed by atoms with Gasteiger partial charge in [0.1, 0.15) is 0 Å². The molecular formula is C27H41N3O5. The van der Waals surface area contributed by atoms with Crippen molar-refractivity contribution >= 4 is 11.9 Å². The Morgan fingerprint density at radius 3 is 2.66 bits per heavy atom. The zero-order valence-corrected chi connectivity index (χ0v) is 21.5. The van der Waals surface area contributed by atoms with Crippen molar-refractivity contribution in [3.05, 3.63) is 35.9 Å². The van der Waals surface area contributed by atoms with Gasteiger partial charge in [-0.15, -0.1) is 0 Å².